The van der Waals surface area contributed by atoms with Crippen LogP contribution in [0.5, 0.6) is 5.75 Å². The van der Waals surface area contributed by atoms with Gasteiger partial charge < -0.3 is 10.1 Å². The summed E-state index contributed by atoms with van der Waals surface area (Å²) in [6.07, 6.45) is 0. The number of carbonyl (C=O) groups is 1. The molecule has 0 aliphatic carbocycles. The summed E-state index contributed by atoms with van der Waals surface area (Å²) in [6, 6.07) is 14.7. The standard InChI is InChI=1S/C17H18ClN3O2/c1-12(13-5-3-6-14(18)9-13)20-21-17(22)11-19-15-7-4-8-16(10-15)23-2/h3-10,19H,11H2,1-2H3,(H,21,22)/b20-12-. The van der Waals surface area contributed by atoms with Gasteiger partial charge in [0.05, 0.1) is 19.4 Å². The highest BCUT2D eigenvalue weighted by Gasteiger charge is 2.03. The Morgan fingerprint density at radius 2 is 2.00 bits per heavy atom. The van der Waals surface area contributed by atoms with Crippen molar-refractivity contribution >= 4 is 28.9 Å². The lowest BCUT2D eigenvalue weighted by Gasteiger charge is -2.07. The number of amides is 1. The molecule has 0 saturated heterocycles. The predicted molar refractivity (Wildman–Crippen MR) is 93.3 cm³/mol. The number of ether oxygens (including phenoxy) is 1. The average molecular weight is 332 g/mol. The number of nitrogens with zero attached hydrogens (tertiary/aromatic N) is 1. The lowest BCUT2D eigenvalue weighted by molar-refractivity contribution is -0.119. The maximum Gasteiger partial charge on any atom is 0.259 e. The van der Waals surface area contributed by atoms with Gasteiger partial charge >= 0.3 is 0 Å². The van der Waals surface area contributed by atoms with Crippen molar-refractivity contribution in [2.45, 2.75) is 6.92 Å². The zero-order valence-corrected chi connectivity index (χ0v) is 13.7. The van der Waals surface area contributed by atoms with Crippen LogP contribution in [0.4, 0.5) is 5.69 Å². The van der Waals surface area contributed by atoms with E-state index in [0.717, 1.165) is 17.0 Å². The minimum Gasteiger partial charge on any atom is -0.497 e. The number of nitrogens with one attached hydrogen (secondary N) is 2. The molecular weight excluding hydrogens is 314 g/mol. The second kappa shape index (κ2) is 8.19. The lowest BCUT2D eigenvalue weighted by atomic mass is 10.1. The number of halogens is 1. The van der Waals surface area contributed by atoms with Crippen molar-refractivity contribution in [3.05, 3.63) is 59.1 Å². The minimum absolute atomic E-state index is 0.111. The van der Waals surface area contributed by atoms with E-state index in [9.17, 15) is 4.79 Å². The number of rotatable bonds is 6. The van der Waals surface area contributed by atoms with Gasteiger partial charge in [0, 0.05) is 16.8 Å². The fourth-order valence-electron chi connectivity index (χ4n) is 1.88. The third-order valence-corrected chi connectivity index (χ3v) is 3.35. The topological polar surface area (TPSA) is 62.7 Å². The highest BCUT2D eigenvalue weighted by atomic mass is 35.5. The molecule has 0 spiro atoms. The van der Waals surface area contributed by atoms with Gasteiger partial charge in [-0.15, -0.1) is 0 Å². The van der Waals surface area contributed by atoms with E-state index in [0.29, 0.717) is 10.7 Å². The smallest absolute Gasteiger partial charge is 0.259 e. The first kappa shape index (κ1) is 16.8. The van der Waals surface area contributed by atoms with E-state index in [1.54, 1.807) is 26.2 Å². The van der Waals surface area contributed by atoms with Gasteiger partial charge in [0.25, 0.3) is 5.91 Å². The van der Waals surface area contributed by atoms with Crippen molar-refractivity contribution in [2.75, 3.05) is 19.0 Å². The van der Waals surface area contributed by atoms with Crippen LogP contribution in [-0.2, 0) is 4.79 Å². The molecule has 2 N–H and O–H groups in total. The number of methoxy groups -OCH3 is 1. The van der Waals surface area contributed by atoms with Crippen LogP contribution in [0.15, 0.2) is 53.6 Å². The Bertz CT molecular complexity index is 716. The van der Waals surface area contributed by atoms with Crippen LogP contribution in [0, 0.1) is 0 Å². The molecule has 0 fully saturated rings. The Hall–Kier alpha value is -2.53. The summed E-state index contributed by atoms with van der Waals surface area (Å²) < 4.78 is 5.13. The van der Waals surface area contributed by atoms with Gasteiger partial charge in [-0.3, -0.25) is 4.79 Å². The summed E-state index contributed by atoms with van der Waals surface area (Å²) in [5, 5.41) is 7.71. The van der Waals surface area contributed by atoms with E-state index in [4.69, 9.17) is 16.3 Å². The zero-order valence-electron chi connectivity index (χ0n) is 13.0. The van der Waals surface area contributed by atoms with Gasteiger partial charge in [-0.1, -0.05) is 29.8 Å². The highest BCUT2D eigenvalue weighted by molar-refractivity contribution is 6.31. The van der Waals surface area contributed by atoms with E-state index in [1.807, 2.05) is 36.4 Å². The lowest BCUT2D eigenvalue weighted by Crippen LogP contribution is -2.26. The molecule has 23 heavy (non-hydrogen) atoms. The van der Waals surface area contributed by atoms with Crippen molar-refractivity contribution in [3.63, 3.8) is 0 Å². The Labute approximate surface area is 140 Å². The van der Waals surface area contributed by atoms with Crippen molar-refractivity contribution in [1.29, 1.82) is 0 Å². The van der Waals surface area contributed by atoms with Gasteiger partial charge in [0.1, 0.15) is 5.75 Å². The van der Waals surface area contributed by atoms with Gasteiger partial charge in [0.15, 0.2) is 0 Å². The number of hydrogen-bond donors (Lipinski definition) is 2. The van der Waals surface area contributed by atoms with E-state index < -0.39 is 0 Å². The third kappa shape index (κ3) is 5.30. The van der Waals surface area contributed by atoms with Gasteiger partial charge in [0.2, 0.25) is 0 Å². The molecule has 2 rings (SSSR count). The van der Waals surface area contributed by atoms with Gasteiger partial charge in [-0.05, 0) is 36.8 Å². The summed E-state index contributed by atoms with van der Waals surface area (Å²) in [5.41, 5.74) is 4.85. The van der Waals surface area contributed by atoms with Crippen LogP contribution < -0.4 is 15.5 Å². The predicted octanol–water partition coefficient (Wildman–Crippen LogP) is 3.30. The second-order valence-corrected chi connectivity index (χ2v) is 5.26. The molecule has 0 aliphatic heterocycles. The van der Waals surface area contributed by atoms with Crippen molar-refractivity contribution in [3.8, 4) is 5.75 Å². The molecule has 0 radical (unpaired) electrons. The summed E-state index contributed by atoms with van der Waals surface area (Å²) in [5.74, 6) is 0.486. The van der Waals surface area contributed by atoms with Crippen molar-refractivity contribution in [2.24, 2.45) is 5.10 Å². The maximum absolute atomic E-state index is 11.8. The first-order valence-corrected chi connectivity index (χ1v) is 7.43. The second-order valence-electron chi connectivity index (χ2n) is 4.83. The molecule has 0 heterocycles. The molecule has 0 bridgehead atoms. The molecule has 2 aromatic carbocycles. The first-order valence-electron chi connectivity index (χ1n) is 7.05. The average Bonchev–Trinajstić information content (AvgIpc) is 2.58. The van der Waals surface area contributed by atoms with Crippen LogP contribution >= 0.6 is 11.6 Å². The number of hydrogen-bond acceptors (Lipinski definition) is 4. The molecule has 6 heteroatoms. The quantitative estimate of drug-likeness (QED) is 0.630. The molecule has 0 unspecified atom stereocenters. The van der Waals surface area contributed by atoms with Crippen LogP contribution in [0.1, 0.15) is 12.5 Å². The third-order valence-electron chi connectivity index (χ3n) is 3.11. The molecule has 120 valence electrons. The Balaban J connectivity index is 1.88. The van der Waals surface area contributed by atoms with Gasteiger partial charge in [-0.25, -0.2) is 5.43 Å². The van der Waals surface area contributed by atoms with E-state index in [1.165, 1.54) is 0 Å². The van der Waals surface area contributed by atoms with Crippen LogP contribution in [0.25, 0.3) is 0 Å². The van der Waals surface area contributed by atoms with Gasteiger partial charge in [-0.2, -0.15) is 5.10 Å². The number of hydrazone groups is 1. The number of benzene rings is 2. The van der Waals surface area contributed by atoms with Crippen LogP contribution in [0.2, 0.25) is 5.02 Å². The molecule has 0 saturated carbocycles. The van der Waals surface area contributed by atoms with Crippen molar-refractivity contribution < 1.29 is 9.53 Å². The van der Waals surface area contributed by atoms with E-state index in [2.05, 4.69) is 15.8 Å². The van der Waals surface area contributed by atoms with E-state index >= 15 is 0 Å². The summed E-state index contributed by atoms with van der Waals surface area (Å²) in [6.45, 7) is 1.92. The fourth-order valence-corrected chi connectivity index (χ4v) is 2.07. The first-order chi connectivity index (χ1) is 11.1. The zero-order chi connectivity index (χ0) is 16.7. The van der Waals surface area contributed by atoms with Crippen LogP contribution in [0.3, 0.4) is 0 Å². The maximum atomic E-state index is 11.8. The minimum atomic E-state index is -0.241. The fraction of sp³-hybridized carbons (Fsp3) is 0.176. The largest absolute Gasteiger partial charge is 0.497 e. The Morgan fingerprint density at radius 3 is 2.74 bits per heavy atom. The molecule has 0 atom stereocenters. The summed E-state index contributed by atoms with van der Waals surface area (Å²) in [7, 11) is 1.60. The Kier molecular flexibility index (Phi) is 6.00. The normalized spacial score (nSPS) is 11.0. The molecular formula is C17H18ClN3O2. The van der Waals surface area contributed by atoms with E-state index in [-0.39, 0.29) is 12.5 Å². The number of anilines is 1. The molecule has 5 nitrogen and oxygen atoms in total. The summed E-state index contributed by atoms with van der Waals surface area (Å²) in [4.78, 5) is 11.8. The highest BCUT2D eigenvalue weighted by Crippen LogP contribution is 2.16. The SMILES string of the molecule is COc1cccc(NCC(=O)N/N=C(/C)c2cccc(Cl)c2)c1. The van der Waals surface area contributed by atoms with Crippen molar-refractivity contribution in [1.82, 2.24) is 5.43 Å². The summed E-state index contributed by atoms with van der Waals surface area (Å²) >= 11 is 5.93. The molecule has 2 aromatic rings. The molecule has 1 amide bonds. The number of carbonyl (C=O) groups excluding carboxylic acids is 1. The molecule has 0 aromatic heterocycles. The van der Waals surface area contributed by atoms with Crippen LogP contribution in [-0.4, -0.2) is 25.3 Å². The Morgan fingerprint density at radius 1 is 1.22 bits per heavy atom. The molecule has 0 aliphatic rings. The monoisotopic (exact) mass is 331 g/mol.